The Kier molecular flexibility index (Phi) is 6.60. The van der Waals surface area contributed by atoms with E-state index in [-0.39, 0.29) is 42.1 Å². The zero-order chi connectivity index (χ0) is 22.7. The summed E-state index contributed by atoms with van der Waals surface area (Å²) in [5.41, 5.74) is 4.41. The number of aliphatic hydroxyl groups excluding tert-OH is 2. The highest BCUT2D eigenvalue weighted by Gasteiger charge is 2.29. The number of rotatable bonds is 7. The number of hydrogen-bond donors (Lipinski definition) is 4. The van der Waals surface area contributed by atoms with Crippen LogP contribution < -0.4 is 5.32 Å². The van der Waals surface area contributed by atoms with Gasteiger partial charge in [-0.25, -0.2) is 9.78 Å². The van der Waals surface area contributed by atoms with Gasteiger partial charge in [-0.2, -0.15) is 0 Å². The highest BCUT2D eigenvalue weighted by molar-refractivity contribution is 6.29. The fourth-order valence-corrected chi connectivity index (χ4v) is 4.13. The van der Waals surface area contributed by atoms with Crippen molar-refractivity contribution in [2.75, 3.05) is 13.2 Å². The molecule has 2 atom stereocenters. The van der Waals surface area contributed by atoms with Crippen LogP contribution in [0.3, 0.4) is 0 Å². The van der Waals surface area contributed by atoms with Crippen LogP contribution in [-0.4, -0.2) is 45.7 Å². The van der Waals surface area contributed by atoms with Crippen LogP contribution in [0.4, 0.5) is 4.79 Å². The van der Waals surface area contributed by atoms with Gasteiger partial charge in [0.15, 0.2) is 0 Å². The summed E-state index contributed by atoms with van der Waals surface area (Å²) in [5, 5.41) is 32.9. The van der Waals surface area contributed by atoms with E-state index in [2.05, 4.69) is 22.4 Å². The van der Waals surface area contributed by atoms with Crippen LogP contribution in [0.5, 0.6) is 5.75 Å². The van der Waals surface area contributed by atoms with E-state index in [1.807, 2.05) is 36.4 Å². The number of pyridine rings is 1. The Balaban J connectivity index is 1.29. The fourth-order valence-electron chi connectivity index (χ4n) is 3.97. The first kappa shape index (κ1) is 22.1. The molecule has 7 nitrogen and oxygen atoms in total. The molecular formula is C24H23ClN2O5. The highest BCUT2D eigenvalue weighted by Crippen LogP contribution is 2.44. The molecule has 0 bridgehead atoms. The molecule has 0 saturated heterocycles. The van der Waals surface area contributed by atoms with Gasteiger partial charge in [0.05, 0.1) is 6.10 Å². The van der Waals surface area contributed by atoms with E-state index in [1.165, 1.54) is 12.1 Å². The molecule has 4 N–H and O–H groups in total. The molecule has 2 aromatic carbocycles. The van der Waals surface area contributed by atoms with Gasteiger partial charge in [0.1, 0.15) is 29.3 Å². The molecule has 1 heterocycles. The molecule has 3 aromatic rings. The summed E-state index contributed by atoms with van der Waals surface area (Å²) in [6.45, 7) is 0.252. The van der Waals surface area contributed by atoms with Crippen molar-refractivity contribution in [3.63, 3.8) is 0 Å². The Bertz CT molecular complexity index is 1080. The van der Waals surface area contributed by atoms with Crippen molar-refractivity contribution in [2.24, 2.45) is 0 Å². The van der Waals surface area contributed by atoms with Gasteiger partial charge in [-0.1, -0.05) is 60.1 Å². The third-order valence-electron chi connectivity index (χ3n) is 5.57. The van der Waals surface area contributed by atoms with Gasteiger partial charge in [0.2, 0.25) is 0 Å². The van der Waals surface area contributed by atoms with Crippen LogP contribution in [0.1, 0.15) is 35.3 Å². The number of benzene rings is 2. The molecule has 166 valence electrons. The normalized spacial score (nSPS) is 14.3. The number of fused-ring (bicyclic) bond motifs is 3. The SMILES string of the molecule is O=C(NCCC(O)C(O)c1nc(Cl)ccc1O)OCC1c2ccccc2-c2ccccc21. The molecule has 0 radical (unpaired) electrons. The van der Waals surface area contributed by atoms with Crippen LogP contribution in [-0.2, 0) is 4.74 Å². The van der Waals surface area contributed by atoms with Crippen LogP contribution in [0.2, 0.25) is 5.15 Å². The molecule has 0 fully saturated rings. The van der Waals surface area contributed by atoms with E-state index >= 15 is 0 Å². The van der Waals surface area contributed by atoms with Gasteiger partial charge < -0.3 is 25.4 Å². The Morgan fingerprint density at radius 1 is 1.03 bits per heavy atom. The molecule has 1 amide bonds. The van der Waals surface area contributed by atoms with Crippen molar-refractivity contribution in [3.05, 3.63) is 82.6 Å². The maximum absolute atomic E-state index is 12.2. The Morgan fingerprint density at radius 3 is 2.31 bits per heavy atom. The molecule has 0 saturated carbocycles. The molecule has 32 heavy (non-hydrogen) atoms. The largest absolute Gasteiger partial charge is 0.506 e. The predicted octanol–water partition coefficient (Wildman–Crippen LogP) is 3.76. The minimum Gasteiger partial charge on any atom is -0.506 e. The van der Waals surface area contributed by atoms with Gasteiger partial charge in [-0.15, -0.1) is 0 Å². The second-order valence-corrected chi connectivity index (χ2v) is 7.98. The molecule has 1 aromatic heterocycles. The maximum atomic E-state index is 12.2. The van der Waals surface area contributed by atoms with Gasteiger partial charge in [0.25, 0.3) is 0 Å². The maximum Gasteiger partial charge on any atom is 0.407 e. The van der Waals surface area contributed by atoms with E-state index in [0.29, 0.717) is 0 Å². The average molecular weight is 455 g/mol. The summed E-state index contributed by atoms with van der Waals surface area (Å²) in [5.74, 6) is -0.317. The van der Waals surface area contributed by atoms with Crippen LogP contribution in [0.15, 0.2) is 60.7 Å². The molecule has 4 rings (SSSR count). The third-order valence-corrected chi connectivity index (χ3v) is 5.78. The summed E-state index contributed by atoms with van der Waals surface area (Å²) in [6, 6.07) is 18.8. The lowest BCUT2D eigenvalue weighted by Crippen LogP contribution is -2.31. The van der Waals surface area contributed by atoms with E-state index in [4.69, 9.17) is 16.3 Å². The number of carbonyl (C=O) groups is 1. The highest BCUT2D eigenvalue weighted by atomic mass is 35.5. The van der Waals surface area contributed by atoms with Crippen LogP contribution in [0, 0.1) is 0 Å². The average Bonchev–Trinajstić information content (AvgIpc) is 3.12. The van der Waals surface area contributed by atoms with Crippen molar-refractivity contribution in [1.82, 2.24) is 10.3 Å². The molecule has 0 aliphatic heterocycles. The lowest BCUT2D eigenvalue weighted by Gasteiger charge is -2.19. The molecular weight excluding hydrogens is 432 g/mol. The number of halogens is 1. The van der Waals surface area contributed by atoms with Gasteiger partial charge in [-0.3, -0.25) is 0 Å². The number of nitrogens with zero attached hydrogens (tertiary/aromatic N) is 1. The van der Waals surface area contributed by atoms with Gasteiger partial charge in [0, 0.05) is 12.5 Å². The number of hydrogen-bond acceptors (Lipinski definition) is 6. The Morgan fingerprint density at radius 2 is 1.66 bits per heavy atom. The summed E-state index contributed by atoms with van der Waals surface area (Å²) in [4.78, 5) is 16.0. The third kappa shape index (κ3) is 4.55. The lowest BCUT2D eigenvalue weighted by molar-refractivity contribution is 0.00978. The molecule has 2 unspecified atom stereocenters. The first-order chi connectivity index (χ1) is 15.5. The van der Waals surface area contributed by atoms with Crippen molar-refractivity contribution < 1.29 is 24.9 Å². The second kappa shape index (κ2) is 9.56. The van der Waals surface area contributed by atoms with Gasteiger partial charge >= 0.3 is 6.09 Å². The van der Waals surface area contributed by atoms with Gasteiger partial charge in [-0.05, 0) is 40.8 Å². The summed E-state index contributed by atoms with van der Waals surface area (Å²) < 4.78 is 5.44. The molecule has 1 aliphatic carbocycles. The van der Waals surface area contributed by atoms with E-state index in [0.717, 1.165) is 22.3 Å². The van der Waals surface area contributed by atoms with E-state index < -0.39 is 18.3 Å². The summed E-state index contributed by atoms with van der Waals surface area (Å²) in [6.07, 6.45) is -3.30. The minimum atomic E-state index is -1.45. The number of aliphatic hydroxyl groups is 2. The second-order valence-electron chi connectivity index (χ2n) is 7.59. The predicted molar refractivity (Wildman–Crippen MR) is 120 cm³/mol. The standard InChI is InChI=1S/C24H23ClN2O5/c25-21-10-9-19(28)22(27-21)23(30)20(29)11-12-26-24(31)32-13-18-16-7-3-1-5-14(16)15-6-2-4-8-17(15)18/h1-10,18,20,23,28-30H,11-13H2,(H,26,31). The monoisotopic (exact) mass is 454 g/mol. The number of nitrogens with one attached hydrogen (secondary N) is 1. The summed E-state index contributed by atoms with van der Waals surface area (Å²) >= 11 is 5.77. The fraction of sp³-hybridized carbons (Fsp3) is 0.250. The minimum absolute atomic E-state index is 0.0268. The first-order valence-electron chi connectivity index (χ1n) is 10.3. The number of ether oxygens (including phenoxy) is 1. The van der Waals surface area contributed by atoms with E-state index in [9.17, 15) is 20.1 Å². The number of aromatic nitrogens is 1. The van der Waals surface area contributed by atoms with Crippen molar-refractivity contribution in [2.45, 2.75) is 24.5 Å². The van der Waals surface area contributed by atoms with Crippen molar-refractivity contribution >= 4 is 17.7 Å². The number of alkyl carbamates (subject to hydrolysis) is 1. The van der Waals surface area contributed by atoms with Crippen LogP contribution >= 0.6 is 11.6 Å². The first-order valence-corrected chi connectivity index (χ1v) is 10.6. The van der Waals surface area contributed by atoms with Crippen molar-refractivity contribution in [1.29, 1.82) is 0 Å². The molecule has 1 aliphatic rings. The number of amides is 1. The molecule has 8 heteroatoms. The Hall–Kier alpha value is -3.13. The van der Waals surface area contributed by atoms with Crippen LogP contribution in [0.25, 0.3) is 11.1 Å². The lowest BCUT2D eigenvalue weighted by atomic mass is 9.98. The summed E-state index contributed by atoms with van der Waals surface area (Å²) in [7, 11) is 0. The molecule has 0 spiro atoms. The van der Waals surface area contributed by atoms with Crippen molar-refractivity contribution in [3.8, 4) is 16.9 Å². The zero-order valence-corrected chi connectivity index (χ0v) is 17.9. The number of aromatic hydroxyl groups is 1. The van der Waals surface area contributed by atoms with E-state index in [1.54, 1.807) is 0 Å². The quantitative estimate of drug-likeness (QED) is 0.404. The Labute approximate surface area is 190 Å². The zero-order valence-electron chi connectivity index (χ0n) is 17.1. The smallest absolute Gasteiger partial charge is 0.407 e. The number of carbonyl (C=O) groups excluding carboxylic acids is 1. The topological polar surface area (TPSA) is 112 Å².